The number of ether oxygens (including phenoxy) is 1. The molecule has 2 N–H and O–H groups in total. The average Bonchev–Trinajstić information content (AvgIpc) is 2.70. The number of hydrogen-bond donors (Lipinski definition) is 2. The Bertz CT molecular complexity index is 580. The Labute approximate surface area is 160 Å². The molecule has 1 aliphatic carbocycles. The second-order valence-electron chi connectivity index (χ2n) is 6.71. The van der Waals surface area contributed by atoms with E-state index in [0.717, 1.165) is 49.6 Å². The topological polar surface area (TPSA) is 62.7 Å². The number of para-hydroxylation sites is 1. The van der Waals surface area contributed by atoms with Gasteiger partial charge >= 0.3 is 0 Å². The van der Waals surface area contributed by atoms with E-state index in [9.17, 15) is 4.21 Å². The van der Waals surface area contributed by atoms with Gasteiger partial charge in [-0.05, 0) is 37.8 Å². The summed E-state index contributed by atoms with van der Waals surface area (Å²) in [6.45, 7) is 4.82. The fourth-order valence-electron chi connectivity index (χ4n) is 3.31. The van der Waals surface area contributed by atoms with Crippen molar-refractivity contribution in [2.45, 2.75) is 63.3 Å². The number of hydrogen-bond acceptors (Lipinski definition) is 3. The fraction of sp³-hybridized carbons (Fsp3) is 0.650. The van der Waals surface area contributed by atoms with Crippen LogP contribution in [0.15, 0.2) is 35.3 Å². The largest absolute Gasteiger partial charge is 0.489 e. The Morgan fingerprint density at radius 1 is 1.31 bits per heavy atom. The highest BCUT2D eigenvalue weighted by Crippen LogP contribution is 2.23. The smallest absolute Gasteiger partial charge is 0.191 e. The van der Waals surface area contributed by atoms with E-state index in [1.165, 1.54) is 0 Å². The Hall–Kier alpha value is -1.56. The first-order valence-electron chi connectivity index (χ1n) is 9.72. The van der Waals surface area contributed by atoms with Crippen LogP contribution in [0, 0.1) is 0 Å². The summed E-state index contributed by atoms with van der Waals surface area (Å²) in [6.07, 6.45) is 5.27. The molecule has 0 amide bonds. The SMILES string of the molecule is CCC(CNC(=NC)NC1CCCC(S(=O)CC)C1)Oc1ccccc1. The molecule has 0 aromatic heterocycles. The molecule has 2 rings (SSSR count). The maximum Gasteiger partial charge on any atom is 0.191 e. The third kappa shape index (κ3) is 6.63. The molecule has 0 saturated heterocycles. The van der Waals surface area contributed by atoms with Gasteiger partial charge in [0.15, 0.2) is 5.96 Å². The fourth-order valence-corrected chi connectivity index (χ4v) is 4.66. The molecule has 146 valence electrons. The summed E-state index contributed by atoms with van der Waals surface area (Å²) in [7, 11) is 1.08. The second-order valence-corrected chi connectivity index (χ2v) is 8.72. The Kier molecular flexibility index (Phi) is 8.95. The van der Waals surface area contributed by atoms with E-state index >= 15 is 0 Å². The summed E-state index contributed by atoms with van der Waals surface area (Å²) in [5, 5.41) is 7.20. The number of benzene rings is 1. The summed E-state index contributed by atoms with van der Waals surface area (Å²) in [5.74, 6) is 2.44. The molecule has 1 saturated carbocycles. The summed E-state index contributed by atoms with van der Waals surface area (Å²) in [4.78, 5) is 4.35. The molecule has 6 heteroatoms. The monoisotopic (exact) mass is 379 g/mol. The number of nitrogens with one attached hydrogen (secondary N) is 2. The van der Waals surface area contributed by atoms with E-state index in [0.29, 0.717) is 17.8 Å². The molecule has 1 fully saturated rings. The van der Waals surface area contributed by atoms with Crippen LogP contribution in [0.3, 0.4) is 0 Å². The van der Waals surface area contributed by atoms with Gasteiger partial charge in [0.2, 0.25) is 0 Å². The molecule has 26 heavy (non-hydrogen) atoms. The molecular formula is C20H33N3O2S. The molecule has 0 heterocycles. The molecule has 0 aliphatic heterocycles. The van der Waals surface area contributed by atoms with E-state index in [1.54, 1.807) is 7.05 Å². The van der Waals surface area contributed by atoms with Gasteiger partial charge in [-0.1, -0.05) is 38.5 Å². The van der Waals surface area contributed by atoms with E-state index in [-0.39, 0.29) is 6.10 Å². The van der Waals surface area contributed by atoms with Gasteiger partial charge in [-0.15, -0.1) is 0 Å². The minimum atomic E-state index is -0.706. The Morgan fingerprint density at radius 2 is 2.08 bits per heavy atom. The lowest BCUT2D eigenvalue weighted by Gasteiger charge is -2.30. The van der Waals surface area contributed by atoms with Crippen LogP contribution in [0.1, 0.15) is 46.0 Å². The van der Waals surface area contributed by atoms with Crippen molar-refractivity contribution in [3.05, 3.63) is 30.3 Å². The Balaban J connectivity index is 1.82. The molecule has 0 radical (unpaired) electrons. The molecule has 1 aromatic carbocycles. The van der Waals surface area contributed by atoms with Crippen molar-refractivity contribution in [2.24, 2.45) is 4.99 Å². The van der Waals surface area contributed by atoms with Crippen LogP contribution in [0.25, 0.3) is 0 Å². The van der Waals surface area contributed by atoms with Crippen molar-refractivity contribution in [3.63, 3.8) is 0 Å². The number of guanidine groups is 1. The number of rotatable bonds is 8. The molecule has 0 bridgehead atoms. The lowest BCUT2D eigenvalue weighted by Crippen LogP contribution is -2.48. The first-order valence-corrected chi connectivity index (χ1v) is 11.1. The van der Waals surface area contributed by atoms with Gasteiger partial charge in [0.25, 0.3) is 0 Å². The van der Waals surface area contributed by atoms with E-state index in [1.807, 2.05) is 37.3 Å². The molecule has 4 unspecified atom stereocenters. The zero-order chi connectivity index (χ0) is 18.8. The van der Waals surface area contributed by atoms with Gasteiger partial charge in [-0.3, -0.25) is 9.20 Å². The highest BCUT2D eigenvalue weighted by Gasteiger charge is 2.26. The van der Waals surface area contributed by atoms with Crippen LogP contribution < -0.4 is 15.4 Å². The quantitative estimate of drug-likeness (QED) is 0.538. The lowest BCUT2D eigenvalue weighted by atomic mass is 9.95. The first-order chi connectivity index (χ1) is 12.7. The highest BCUT2D eigenvalue weighted by molar-refractivity contribution is 7.85. The van der Waals surface area contributed by atoms with Gasteiger partial charge in [0.05, 0.1) is 6.54 Å². The van der Waals surface area contributed by atoms with E-state index in [4.69, 9.17) is 4.74 Å². The van der Waals surface area contributed by atoms with Crippen LogP contribution in [0.2, 0.25) is 0 Å². The van der Waals surface area contributed by atoms with Gasteiger partial charge in [0, 0.05) is 34.9 Å². The van der Waals surface area contributed by atoms with Gasteiger partial charge in [0.1, 0.15) is 11.9 Å². The summed E-state index contributed by atoms with van der Waals surface area (Å²) in [5.41, 5.74) is 0. The zero-order valence-corrected chi connectivity index (χ0v) is 17.1. The third-order valence-corrected chi connectivity index (χ3v) is 6.59. The van der Waals surface area contributed by atoms with Crippen LogP contribution in [0.5, 0.6) is 5.75 Å². The lowest BCUT2D eigenvalue weighted by molar-refractivity contribution is 0.199. The number of aliphatic imine (C=N–C) groups is 1. The normalized spacial score (nSPS) is 23.1. The summed E-state index contributed by atoms with van der Waals surface area (Å²) in [6, 6.07) is 10.2. The predicted octanol–water partition coefficient (Wildman–Crippen LogP) is 3.09. The highest BCUT2D eigenvalue weighted by atomic mass is 32.2. The van der Waals surface area contributed by atoms with Gasteiger partial charge in [-0.2, -0.15) is 0 Å². The second kappa shape index (κ2) is 11.2. The molecule has 1 aliphatic rings. The average molecular weight is 380 g/mol. The Morgan fingerprint density at radius 3 is 2.73 bits per heavy atom. The molecule has 0 spiro atoms. The first kappa shape index (κ1) is 20.7. The number of nitrogens with zero attached hydrogens (tertiary/aromatic N) is 1. The summed E-state index contributed by atoms with van der Waals surface area (Å²) >= 11 is 0. The molecule has 1 aromatic rings. The minimum Gasteiger partial charge on any atom is -0.489 e. The van der Waals surface area contributed by atoms with Crippen molar-refractivity contribution >= 4 is 16.8 Å². The van der Waals surface area contributed by atoms with Gasteiger partial charge in [-0.25, -0.2) is 0 Å². The molecule has 4 atom stereocenters. The predicted molar refractivity (Wildman–Crippen MR) is 110 cm³/mol. The van der Waals surface area contributed by atoms with Crippen LogP contribution in [0.4, 0.5) is 0 Å². The maximum atomic E-state index is 12.1. The maximum absolute atomic E-state index is 12.1. The minimum absolute atomic E-state index is 0.0858. The van der Waals surface area contributed by atoms with Crippen molar-refractivity contribution in [1.29, 1.82) is 0 Å². The van der Waals surface area contributed by atoms with Crippen molar-refractivity contribution in [2.75, 3.05) is 19.3 Å². The molecule has 5 nitrogen and oxygen atoms in total. The standard InChI is InChI=1S/C20H33N3O2S/c1-4-17(25-18-11-7-6-8-12-18)15-22-20(21-3)23-16-10-9-13-19(14-16)26(24)5-2/h6-8,11-12,16-17,19H,4-5,9-10,13-15H2,1-3H3,(H2,21,22,23). The third-order valence-electron chi connectivity index (χ3n) is 4.85. The van der Waals surface area contributed by atoms with Crippen molar-refractivity contribution in [1.82, 2.24) is 10.6 Å². The van der Waals surface area contributed by atoms with E-state index < -0.39 is 10.8 Å². The van der Waals surface area contributed by atoms with Crippen molar-refractivity contribution < 1.29 is 8.95 Å². The summed E-state index contributed by atoms with van der Waals surface area (Å²) < 4.78 is 18.1. The van der Waals surface area contributed by atoms with Crippen LogP contribution in [-0.2, 0) is 10.8 Å². The zero-order valence-electron chi connectivity index (χ0n) is 16.2. The van der Waals surface area contributed by atoms with Crippen molar-refractivity contribution in [3.8, 4) is 5.75 Å². The van der Waals surface area contributed by atoms with E-state index in [2.05, 4.69) is 22.5 Å². The van der Waals surface area contributed by atoms with Gasteiger partial charge < -0.3 is 15.4 Å². The molecular weight excluding hydrogens is 346 g/mol. The van der Waals surface area contributed by atoms with Crippen LogP contribution in [-0.4, -0.2) is 46.9 Å². The van der Waals surface area contributed by atoms with Crippen LogP contribution >= 0.6 is 0 Å².